The number of benzene rings is 2. The van der Waals surface area contributed by atoms with Gasteiger partial charge in [-0.05, 0) is 37.7 Å². The molecule has 1 N–H and O–H groups in total. The molecule has 0 unspecified atom stereocenters. The molecule has 0 aliphatic rings. The summed E-state index contributed by atoms with van der Waals surface area (Å²) in [5, 5.41) is 14.1. The van der Waals surface area contributed by atoms with E-state index in [1.807, 2.05) is 0 Å². The predicted molar refractivity (Wildman–Crippen MR) is 121 cm³/mol. The molecule has 1 amide bonds. The second-order valence-corrected chi connectivity index (χ2v) is 8.48. The molecule has 0 saturated carbocycles. The number of alkyl halides is 2. The lowest BCUT2D eigenvalue weighted by molar-refractivity contribution is -0.385. The van der Waals surface area contributed by atoms with Crippen molar-refractivity contribution in [3.63, 3.8) is 0 Å². The number of thioether (sulfide) groups is 1. The number of nitro benzene ring substituents is 1. The van der Waals surface area contributed by atoms with Crippen LogP contribution in [0.1, 0.15) is 31.9 Å². The van der Waals surface area contributed by atoms with E-state index in [1.54, 1.807) is 44.2 Å². The minimum Gasteiger partial charge on any atom is -0.463 e. The zero-order valence-electron chi connectivity index (χ0n) is 18.3. The highest BCUT2D eigenvalue weighted by Crippen LogP contribution is 2.30. The number of nitro groups is 1. The van der Waals surface area contributed by atoms with Gasteiger partial charge in [-0.15, -0.1) is 0 Å². The van der Waals surface area contributed by atoms with E-state index in [-0.39, 0.29) is 41.1 Å². The van der Waals surface area contributed by atoms with Crippen molar-refractivity contribution in [2.24, 2.45) is 0 Å². The molecule has 0 bridgehead atoms. The average molecular weight is 493 g/mol. The van der Waals surface area contributed by atoms with Crippen molar-refractivity contribution >= 4 is 40.4 Å². The lowest BCUT2D eigenvalue weighted by Crippen LogP contribution is -2.34. The Bertz CT molecular complexity index is 1200. The molecule has 34 heavy (non-hydrogen) atoms. The van der Waals surface area contributed by atoms with Crippen LogP contribution in [0.3, 0.4) is 0 Å². The largest absolute Gasteiger partial charge is 0.463 e. The number of hydrogen-bond donors (Lipinski definition) is 1. The summed E-state index contributed by atoms with van der Waals surface area (Å²) in [5.41, 5.74) is 0.767. The molecule has 1 atom stereocenters. The van der Waals surface area contributed by atoms with Gasteiger partial charge in [0.25, 0.3) is 11.4 Å². The molecule has 0 aliphatic heterocycles. The van der Waals surface area contributed by atoms with E-state index < -0.39 is 34.7 Å². The summed E-state index contributed by atoms with van der Waals surface area (Å²) in [4.78, 5) is 40.4. The van der Waals surface area contributed by atoms with Crippen LogP contribution in [-0.2, 0) is 20.9 Å². The van der Waals surface area contributed by atoms with Crippen LogP contribution >= 0.6 is 11.8 Å². The number of nitrogens with one attached hydrogen (secondary N) is 1. The molecule has 1 heterocycles. The highest BCUT2D eigenvalue weighted by atomic mass is 32.2. The van der Waals surface area contributed by atoms with Gasteiger partial charge in [-0.2, -0.15) is 8.78 Å². The van der Waals surface area contributed by atoms with Gasteiger partial charge in [0.1, 0.15) is 6.54 Å². The molecule has 0 fully saturated rings. The number of imidazole rings is 1. The van der Waals surface area contributed by atoms with Crippen molar-refractivity contribution in [3.05, 3.63) is 64.2 Å². The van der Waals surface area contributed by atoms with E-state index in [0.717, 1.165) is 0 Å². The van der Waals surface area contributed by atoms with E-state index in [9.17, 15) is 28.5 Å². The summed E-state index contributed by atoms with van der Waals surface area (Å²) in [6, 6.07) is 11.3. The van der Waals surface area contributed by atoms with Crippen LogP contribution in [0, 0.1) is 10.1 Å². The van der Waals surface area contributed by atoms with Gasteiger partial charge < -0.3 is 14.6 Å². The summed E-state index contributed by atoms with van der Waals surface area (Å²) in [7, 11) is 0. The summed E-state index contributed by atoms with van der Waals surface area (Å²) in [6.45, 7) is 2.93. The summed E-state index contributed by atoms with van der Waals surface area (Å²) in [6.07, 6.45) is -0.765. The lowest BCUT2D eigenvalue weighted by Gasteiger charge is -2.20. The fourth-order valence-electron chi connectivity index (χ4n) is 3.42. The summed E-state index contributed by atoms with van der Waals surface area (Å²) < 4.78 is 32.6. The quantitative estimate of drug-likeness (QED) is 0.192. The number of esters is 1. The van der Waals surface area contributed by atoms with Gasteiger partial charge in [-0.1, -0.05) is 30.3 Å². The first-order valence-electron chi connectivity index (χ1n) is 10.3. The molecular formula is C22H22F2N4O5S. The van der Waals surface area contributed by atoms with Crippen LogP contribution in [0.15, 0.2) is 53.7 Å². The van der Waals surface area contributed by atoms with Crippen molar-refractivity contribution in [1.29, 1.82) is 0 Å². The Balaban J connectivity index is 1.91. The summed E-state index contributed by atoms with van der Waals surface area (Å²) >= 11 is 0.207. The second kappa shape index (κ2) is 11.1. The van der Waals surface area contributed by atoms with E-state index >= 15 is 0 Å². The number of para-hydroxylation sites is 3. The third kappa shape index (κ3) is 6.28. The van der Waals surface area contributed by atoms with Gasteiger partial charge in [-0.25, -0.2) is 4.98 Å². The van der Waals surface area contributed by atoms with Crippen LogP contribution in [0.5, 0.6) is 0 Å². The highest BCUT2D eigenvalue weighted by Gasteiger charge is 2.27. The fraction of sp³-hybridized carbons (Fsp3) is 0.318. The highest BCUT2D eigenvalue weighted by molar-refractivity contribution is 7.99. The normalized spacial score (nSPS) is 12.2. The Morgan fingerprint density at radius 2 is 1.85 bits per heavy atom. The Labute approximate surface area is 197 Å². The van der Waals surface area contributed by atoms with Gasteiger partial charge in [0.2, 0.25) is 5.91 Å². The Morgan fingerprint density at radius 3 is 2.53 bits per heavy atom. The molecule has 1 aromatic heterocycles. The molecule has 0 radical (unpaired) electrons. The third-order valence-electron chi connectivity index (χ3n) is 4.70. The lowest BCUT2D eigenvalue weighted by atomic mass is 10.0. The number of halogens is 2. The maximum absolute atomic E-state index is 13.1. The minimum atomic E-state index is -2.75. The topological polar surface area (TPSA) is 116 Å². The Kier molecular flexibility index (Phi) is 8.16. The molecule has 3 rings (SSSR count). The van der Waals surface area contributed by atoms with Crippen LogP contribution < -0.4 is 5.32 Å². The third-order valence-corrected chi connectivity index (χ3v) is 5.40. The van der Waals surface area contributed by atoms with Crippen molar-refractivity contribution < 1.29 is 28.0 Å². The van der Waals surface area contributed by atoms with Crippen LogP contribution in [0.25, 0.3) is 11.0 Å². The number of ether oxygens (including phenoxy) is 1. The van der Waals surface area contributed by atoms with Crippen LogP contribution in [-0.4, -0.2) is 38.2 Å². The van der Waals surface area contributed by atoms with Gasteiger partial charge in [0.15, 0.2) is 5.16 Å². The molecule has 9 nitrogen and oxygen atoms in total. The molecule has 12 heteroatoms. The standard InChI is InChI=1S/C22H22F2N4O5S/c1-13(2)33-20(30)11-16(14-7-3-5-9-17(14)28(31)32)25-19(29)12-27-18-10-6-4-8-15(18)26-22(27)34-21(23)24/h3-10,13,16,21H,11-12H2,1-2H3,(H,25,29)/t16-/m0/s1. The zero-order valence-corrected chi connectivity index (χ0v) is 19.1. The predicted octanol–water partition coefficient (Wildman–Crippen LogP) is 4.46. The zero-order chi connectivity index (χ0) is 24.8. The van der Waals surface area contributed by atoms with E-state index in [1.165, 1.54) is 22.8 Å². The smallest absolute Gasteiger partial charge is 0.308 e. The van der Waals surface area contributed by atoms with Gasteiger partial charge in [0.05, 0.1) is 40.1 Å². The first-order valence-corrected chi connectivity index (χ1v) is 11.2. The fourth-order valence-corrected chi connectivity index (χ4v) is 4.02. The number of fused-ring (bicyclic) bond motifs is 1. The van der Waals surface area contributed by atoms with Gasteiger partial charge in [0, 0.05) is 6.07 Å². The number of carbonyl (C=O) groups excluding carboxylic acids is 2. The monoisotopic (exact) mass is 492 g/mol. The molecule has 0 aliphatic carbocycles. The van der Waals surface area contributed by atoms with E-state index in [4.69, 9.17) is 4.74 Å². The van der Waals surface area contributed by atoms with Crippen molar-refractivity contribution in [1.82, 2.24) is 14.9 Å². The van der Waals surface area contributed by atoms with Gasteiger partial charge >= 0.3 is 5.97 Å². The van der Waals surface area contributed by atoms with E-state index in [0.29, 0.717) is 11.0 Å². The first kappa shape index (κ1) is 25.1. The van der Waals surface area contributed by atoms with Crippen molar-refractivity contribution in [2.75, 3.05) is 0 Å². The first-order chi connectivity index (χ1) is 16.2. The molecule has 3 aromatic rings. The van der Waals surface area contributed by atoms with Crippen molar-refractivity contribution in [3.8, 4) is 0 Å². The van der Waals surface area contributed by atoms with Crippen molar-refractivity contribution in [2.45, 2.75) is 49.9 Å². The molecule has 0 saturated heterocycles. The molecule has 2 aromatic carbocycles. The number of rotatable bonds is 10. The minimum absolute atomic E-state index is 0.0483. The maximum Gasteiger partial charge on any atom is 0.308 e. The SMILES string of the molecule is CC(C)OC(=O)C[C@H](NC(=O)Cn1c(SC(F)F)nc2ccccc21)c1ccccc1[N+](=O)[O-]. The summed E-state index contributed by atoms with van der Waals surface area (Å²) in [5.74, 6) is -4.04. The number of carbonyl (C=O) groups is 2. The van der Waals surface area contributed by atoms with Crippen LogP contribution in [0.2, 0.25) is 0 Å². The molecule has 180 valence electrons. The van der Waals surface area contributed by atoms with Gasteiger partial charge in [-0.3, -0.25) is 19.7 Å². The van der Waals surface area contributed by atoms with E-state index in [2.05, 4.69) is 10.3 Å². The Morgan fingerprint density at radius 1 is 1.18 bits per heavy atom. The Hall–Kier alpha value is -3.54. The molecule has 0 spiro atoms. The molecular weight excluding hydrogens is 470 g/mol. The number of nitrogens with zero attached hydrogens (tertiary/aromatic N) is 3. The van der Waals surface area contributed by atoms with Crippen LogP contribution in [0.4, 0.5) is 14.5 Å². The number of hydrogen-bond acceptors (Lipinski definition) is 7. The average Bonchev–Trinajstić information content (AvgIpc) is 3.09. The second-order valence-electron chi connectivity index (χ2n) is 7.53. The number of aromatic nitrogens is 2. The maximum atomic E-state index is 13.1. The number of amides is 1.